The molecule has 1 aliphatic carbocycles. The standard InChI is InChI=1S/C22H26N4O3S/c1-4-11-30(28,29)26-19-8-7-16(13(2)14(19)3)18-12-20(25-22(27)15-5-6-15)24-21-17(18)9-10-23-21/h7-10,12,15,26H,4-6,11H2,1-3H3,(H2,23,24,25,27). The van der Waals surface area contributed by atoms with E-state index < -0.39 is 10.0 Å². The monoisotopic (exact) mass is 426 g/mol. The van der Waals surface area contributed by atoms with Crippen molar-refractivity contribution in [1.29, 1.82) is 0 Å². The van der Waals surface area contributed by atoms with Gasteiger partial charge in [0.25, 0.3) is 0 Å². The highest BCUT2D eigenvalue weighted by molar-refractivity contribution is 7.92. The van der Waals surface area contributed by atoms with Crippen LogP contribution in [0.15, 0.2) is 30.5 Å². The molecule has 1 fully saturated rings. The van der Waals surface area contributed by atoms with Crippen LogP contribution < -0.4 is 10.0 Å². The second-order valence-corrected chi connectivity index (χ2v) is 9.73. The van der Waals surface area contributed by atoms with Crippen molar-refractivity contribution in [2.45, 2.75) is 40.0 Å². The van der Waals surface area contributed by atoms with Gasteiger partial charge in [-0.15, -0.1) is 0 Å². The molecule has 1 aliphatic rings. The smallest absolute Gasteiger partial charge is 0.232 e. The number of carbonyl (C=O) groups is 1. The summed E-state index contributed by atoms with van der Waals surface area (Å²) in [5.74, 6) is 0.703. The van der Waals surface area contributed by atoms with Gasteiger partial charge in [-0.1, -0.05) is 13.0 Å². The molecule has 0 saturated heterocycles. The molecule has 0 atom stereocenters. The third kappa shape index (κ3) is 4.05. The zero-order chi connectivity index (χ0) is 21.5. The van der Waals surface area contributed by atoms with Crippen molar-refractivity contribution in [3.05, 3.63) is 41.6 Å². The number of benzene rings is 1. The molecule has 0 bridgehead atoms. The number of carbonyl (C=O) groups excluding carboxylic acids is 1. The summed E-state index contributed by atoms with van der Waals surface area (Å²) in [6.07, 6.45) is 4.24. The second-order valence-electron chi connectivity index (χ2n) is 7.89. The highest BCUT2D eigenvalue weighted by Gasteiger charge is 2.30. The Labute approximate surface area is 176 Å². The molecule has 30 heavy (non-hydrogen) atoms. The van der Waals surface area contributed by atoms with Crippen LogP contribution in [0.25, 0.3) is 22.2 Å². The molecule has 3 N–H and O–H groups in total. The van der Waals surface area contributed by atoms with Gasteiger partial charge < -0.3 is 10.3 Å². The van der Waals surface area contributed by atoms with Crippen LogP contribution >= 0.6 is 0 Å². The van der Waals surface area contributed by atoms with Gasteiger partial charge in [-0.2, -0.15) is 0 Å². The number of sulfonamides is 1. The van der Waals surface area contributed by atoms with Crippen molar-refractivity contribution in [3.63, 3.8) is 0 Å². The summed E-state index contributed by atoms with van der Waals surface area (Å²) < 4.78 is 27.1. The molecule has 0 radical (unpaired) electrons. The van der Waals surface area contributed by atoms with Gasteiger partial charge in [0.1, 0.15) is 11.5 Å². The van der Waals surface area contributed by atoms with E-state index in [1.54, 1.807) is 6.07 Å². The molecule has 1 amide bonds. The molecule has 4 rings (SSSR count). The Morgan fingerprint density at radius 2 is 1.93 bits per heavy atom. The number of fused-ring (bicyclic) bond motifs is 1. The fourth-order valence-electron chi connectivity index (χ4n) is 3.61. The van der Waals surface area contributed by atoms with Gasteiger partial charge in [-0.3, -0.25) is 9.52 Å². The molecule has 0 unspecified atom stereocenters. The van der Waals surface area contributed by atoms with E-state index in [1.807, 2.05) is 45.2 Å². The maximum absolute atomic E-state index is 12.2. The first-order chi connectivity index (χ1) is 14.3. The number of aromatic amines is 1. The van der Waals surface area contributed by atoms with E-state index in [2.05, 4.69) is 20.0 Å². The SMILES string of the molecule is CCCS(=O)(=O)Nc1ccc(-c2cc(NC(=O)C3CC3)nc3[nH]ccc23)c(C)c1C. The van der Waals surface area contributed by atoms with Gasteiger partial charge in [0, 0.05) is 17.5 Å². The molecule has 8 heteroatoms. The molecule has 3 aromatic rings. The molecule has 7 nitrogen and oxygen atoms in total. The van der Waals surface area contributed by atoms with Crippen molar-refractivity contribution >= 4 is 38.5 Å². The number of nitrogens with one attached hydrogen (secondary N) is 3. The highest BCUT2D eigenvalue weighted by Crippen LogP contribution is 2.36. The molecular formula is C22H26N4O3S. The van der Waals surface area contributed by atoms with E-state index in [-0.39, 0.29) is 17.6 Å². The van der Waals surface area contributed by atoms with Crippen molar-refractivity contribution in [2.75, 3.05) is 15.8 Å². The van der Waals surface area contributed by atoms with Crippen LogP contribution in [0.1, 0.15) is 37.3 Å². The number of amides is 1. The van der Waals surface area contributed by atoms with Gasteiger partial charge in [-0.25, -0.2) is 13.4 Å². The number of aromatic nitrogens is 2. The van der Waals surface area contributed by atoms with Crippen LogP contribution in [0, 0.1) is 19.8 Å². The molecule has 1 aromatic carbocycles. The minimum atomic E-state index is -3.36. The van der Waals surface area contributed by atoms with E-state index >= 15 is 0 Å². The molecular weight excluding hydrogens is 400 g/mol. The van der Waals surface area contributed by atoms with Crippen LogP contribution in [-0.4, -0.2) is 30.0 Å². The lowest BCUT2D eigenvalue weighted by molar-refractivity contribution is -0.117. The largest absolute Gasteiger partial charge is 0.346 e. The van der Waals surface area contributed by atoms with E-state index in [1.165, 1.54) is 0 Å². The number of nitrogens with zero attached hydrogens (tertiary/aromatic N) is 1. The van der Waals surface area contributed by atoms with Gasteiger partial charge >= 0.3 is 0 Å². The first-order valence-electron chi connectivity index (χ1n) is 10.2. The van der Waals surface area contributed by atoms with Gasteiger partial charge in [0.15, 0.2) is 0 Å². The maximum Gasteiger partial charge on any atom is 0.232 e. The molecule has 1 saturated carbocycles. The summed E-state index contributed by atoms with van der Waals surface area (Å²) in [6, 6.07) is 7.56. The van der Waals surface area contributed by atoms with Crippen LogP contribution in [0.5, 0.6) is 0 Å². The lowest BCUT2D eigenvalue weighted by Gasteiger charge is -2.16. The molecule has 2 heterocycles. The Morgan fingerprint density at radius 3 is 2.63 bits per heavy atom. The lowest BCUT2D eigenvalue weighted by atomic mass is 9.94. The third-order valence-corrected chi connectivity index (χ3v) is 7.02. The Morgan fingerprint density at radius 1 is 1.17 bits per heavy atom. The summed E-state index contributed by atoms with van der Waals surface area (Å²) in [5.41, 5.74) is 5.04. The third-order valence-electron chi connectivity index (χ3n) is 5.54. The molecule has 158 valence electrons. The normalized spacial score (nSPS) is 14.1. The zero-order valence-electron chi connectivity index (χ0n) is 17.4. The van der Waals surface area contributed by atoms with E-state index in [0.29, 0.717) is 23.6 Å². The van der Waals surface area contributed by atoms with Gasteiger partial charge in [0.2, 0.25) is 15.9 Å². The Bertz CT molecular complexity index is 1230. The van der Waals surface area contributed by atoms with Gasteiger partial charge in [0.05, 0.1) is 11.4 Å². The van der Waals surface area contributed by atoms with Crippen molar-refractivity contribution < 1.29 is 13.2 Å². The summed E-state index contributed by atoms with van der Waals surface area (Å²) >= 11 is 0. The first-order valence-corrected chi connectivity index (χ1v) is 11.8. The minimum Gasteiger partial charge on any atom is -0.346 e. The van der Waals surface area contributed by atoms with Crippen LogP contribution in [0.3, 0.4) is 0 Å². The number of rotatable bonds is 7. The highest BCUT2D eigenvalue weighted by atomic mass is 32.2. The quantitative estimate of drug-likeness (QED) is 0.522. The van der Waals surface area contributed by atoms with E-state index in [9.17, 15) is 13.2 Å². The number of anilines is 2. The van der Waals surface area contributed by atoms with Crippen LogP contribution in [-0.2, 0) is 14.8 Å². The fourth-order valence-corrected chi connectivity index (χ4v) is 4.80. The van der Waals surface area contributed by atoms with Crippen molar-refractivity contribution in [2.24, 2.45) is 5.92 Å². The number of pyridine rings is 1. The van der Waals surface area contributed by atoms with E-state index in [0.717, 1.165) is 40.5 Å². The summed E-state index contributed by atoms with van der Waals surface area (Å²) in [5, 5.41) is 3.87. The predicted octanol–water partition coefficient (Wildman–Crippen LogP) is 4.35. The number of hydrogen-bond donors (Lipinski definition) is 3. The van der Waals surface area contributed by atoms with E-state index in [4.69, 9.17) is 0 Å². The number of hydrogen-bond acceptors (Lipinski definition) is 4. The average molecular weight is 427 g/mol. The Kier molecular flexibility index (Phi) is 5.27. The van der Waals surface area contributed by atoms with Crippen LogP contribution in [0.4, 0.5) is 11.5 Å². The zero-order valence-corrected chi connectivity index (χ0v) is 18.2. The Balaban J connectivity index is 1.75. The minimum absolute atomic E-state index is 0.00735. The maximum atomic E-state index is 12.2. The molecule has 2 aromatic heterocycles. The fraction of sp³-hybridized carbons (Fsp3) is 0.364. The molecule has 0 spiro atoms. The van der Waals surface area contributed by atoms with Crippen molar-refractivity contribution in [1.82, 2.24) is 9.97 Å². The van der Waals surface area contributed by atoms with Gasteiger partial charge in [-0.05, 0) is 73.6 Å². The molecule has 0 aliphatic heterocycles. The second kappa shape index (κ2) is 7.75. The predicted molar refractivity (Wildman–Crippen MR) is 120 cm³/mol. The number of H-pyrrole nitrogens is 1. The Hall–Kier alpha value is -2.87. The summed E-state index contributed by atoms with van der Waals surface area (Å²) in [6.45, 7) is 5.73. The van der Waals surface area contributed by atoms with Crippen molar-refractivity contribution in [3.8, 4) is 11.1 Å². The lowest BCUT2D eigenvalue weighted by Crippen LogP contribution is -2.17. The first kappa shape index (κ1) is 20.4. The summed E-state index contributed by atoms with van der Waals surface area (Å²) in [4.78, 5) is 19.9. The van der Waals surface area contributed by atoms with Crippen LogP contribution in [0.2, 0.25) is 0 Å². The topological polar surface area (TPSA) is 104 Å². The average Bonchev–Trinajstić information content (AvgIpc) is 3.43. The summed E-state index contributed by atoms with van der Waals surface area (Å²) in [7, 11) is -3.36.